The van der Waals surface area contributed by atoms with Gasteiger partial charge in [0.1, 0.15) is 22.2 Å². The summed E-state index contributed by atoms with van der Waals surface area (Å²) in [4.78, 5) is 31.1. The molecule has 3 aromatic heterocycles. The van der Waals surface area contributed by atoms with Crippen LogP contribution in [0.15, 0.2) is 54.9 Å². The van der Waals surface area contributed by atoms with E-state index in [1.54, 1.807) is 24.4 Å². The number of carboxylic acids is 1. The number of fused-ring (bicyclic) bond motifs is 1. The maximum Gasteiger partial charge on any atom is 0.335 e. The maximum atomic E-state index is 11.8. The predicted octanol–water partition coefficient (Wildman–Crippen LogP) is 4.00. The number of aromatic nitrogens is 3. The highest BCUT2D eigenvalue weighted by atomic mass is 32.1. The van der Waals surface area contributed by atoms with Crippen molar-refractivity contribution in [1.82, 2.24) is 19.9 Å². The van der Waals surface area contributed by atoms with Gasteiger partial charge >= 0.3 is 5.97 Å². The molecule has 4 aromatic rings. The highest BCUT2D eigenvalue weighted by Gasteiger charge is 2.39. The average Bonchev–Trinajstić information content (AvgIpc) is 3.49. The van der Waals surface area contributed by atoms with Crippen LogP contribution in [0.5, 0.6) is 0 Å². The minimum absolute atomic E-state index is 0.229. The third kappa shape index (κ3) is 5.73. The van der Waals surface area contributed by atoms with Crippen molar-refractivity contribution in [2.45, 2.75) is 31.8 Å². The summed E-state index contributed by atoms with van der Waals surface area (Å²) in [5, 5.41) is 25.2. The van der Waals surface area contributed by atoms with Gasteiger partial charge in [0.15, 0.2) is 0 Å². The Kier molecular flexibility index (Phi) is 7.91. The van der Waals surface area contributed by atoms with Crippen LogP contribution in [0.4, 0.5) is 17.3 Å². The van der Waals surface area contributed by atoms with Crippen molar-refractivity contribution in [3.63, 3.8) is 0 Å². The first-order valence-electron chi connectivity index (χ1n) is 14.3. The SMILES string of the molecule is Cc1cc(Nc2cc(N3CCN(CCN)CC3)ccn2)nc(-c2cnc(C3(O)CCCc4cc(C(=O)O)ccc43)s2)c1. The molecule has 5 N–H and O–H groups in total. The summed E-state index contributed by atoms with van der Waals surface area (Å²) in [5.41, 5.74) is 9.18. The van der Waals surface area contributed by atoms with Crippen molar-refractivity contribution >= 4 is 34.6 Å². The molecule has 1 atom stereocenters. The van der Waals surface area contributed by atoms with Gasteiger partial charge in [-0.2, -0.15) is 0 Å². The molecule has 1 fully saturated rings. The van der Waals surface area contributed by atoms with E-state index in [-0.39, 0.29) is 5.56 Å². The highest BCUT2D eigenvalue weighted by molar-refractivity contribution is 7.15. The summed E-state index contributed by atoms with van der Waals surface area (Å²) >= 11 is 1.41. The first kappa shape index (κ1) is 28.2. The second-order valence-corrected chi connectivity index (χ2v) is 12.0. The normalized spacial score (nSPS) is 19.0. The fourth-order valence-corrected chi connectivity index (χ4v) is 6.91. The number of rotatable bonds is 8. The van der Waals surface area contributed by atoms with Crippen molar-refractivity contribution in [3.8, 4) is 10.6 Å². The number of aryl methyl sites for hydroxylation is 2. The molecule has 4 heterocycles. The maximum absolute atomic E-state index is 11.8. The van der Waals surface area contributed by atoms with Gasteiger partial charge in [0.2, 0.25) is 0 Å². The molecule has 1 unspecified atom stereocenters. The number of carboxylic acid groups (broad SMARTS) is 1. The summed E-state index contributed by atoms with van der Waals surface area (Å²) in [6.45, 7) is 7.51. The van der Waals surface area contributed by atoms with E-state index in [4.69, 9.17) is 10.7 Å². The fourth-order valence-electron chi connectivity index (χ4n) is 5.90. The molecule has 0 radical (unpaired) electrons. The molecule has 42 heavy (non-hydrogen) atoms. The van der Waals surface area contributed by atoms with Crippen LogP contribution in [-0.4, -0.2) is 75.3 Å². The van der Waals surface area contributed by atoms with Crippen molar-refractivity contribution < 1.29 is 15.0 Å². The summed E-state index contributed by atoms with van der Waals surface area (Å²) in [6, 6.07) is 13.0. The van der Waals surface area contributed by atoms with E-state index < -0.39 is 11.6 Å². The smallest absolute Gasteiger partial charge is 0.335 e. The van der Waals surface area contributed by atoms with Crippen LogP contribution in [0.3, 0.4) is 0 Å². The van der Waals surface area contributed by atoms with Crippen LogP contribution >= 0.6 is 11.3 Å². The first-order valence-corrected chi connectivity index (χ1v) is 15.1. The molecule has 0 amide bonds. The lowest BCUT2D eigenvalue weighted by Gasteiger charge is -2.35. The van der Waals surface area contributed by atoms with Gasteiger partial charge in [0, 0.05) is 63.4 Å². The number of thiazole rings is 1. The molecule has 2 aliphatic rings. The van der Waals surface area contributed by atoms with E-state index >= 15 is 0 Å². The topological polar surface area (TPSA) is 141 Å². The monoisotopic (exact) mass is 585 g/mol. The first-order chi connectivity index (χ1) is 20.3. The van der Waals surface area contributed by atoms with Gasteiger partial charge in [-0.05, 0) is 73.2 Å². The zero-order chi connectivity index (χ0) is 29.3. The number of nitrogens with zero attached hydrogens (tertiary/aromatic N) is 5. The van der Waals surface area contributed by atoms with Crippen LogP contribution in [0, 0.1) is 6.92 Å². The standard InChI is InChI=1S/C31H35N7O3S/c1-20-15-25(26-19-34-30(42-26)31(41)7-2-3-21-17-22(29(39)40)4-5-24(21)31)35-28(16-20)36-27-18-23(6-9-33-27)38-13-11-37(10-8-32)12-14-38/h4-6,9,15-19,41H,2-3,7-8,10-14,32H2,1H3,(H,39,40)(H,33,35,36). The fraction of sp³-hybridized carbons (Fsp3) is 0.355. The molecular formula is C31H35N7O3S. The van der Waals surface area contributed by atoms with E-state index in [2.05, 4.69) is 31.2 Å². The Bertz CT molecular complexity index is 1600. The largest absolute Gasteiger partial charge is 0.478 e. The van der Waals surface area contributed by atoms with Crippen molar-refractivity contribution in [2.75, 3.05) is 49.5 Å². The summed E-state index contributed by atoms with van der Waals surface area (Å²) in [5.74, 6) is 0.432. The van der Waals surface area contributed by atoms with Gasteiger partial charge in [0.25, 0.3) is 0 Å². The zero-order valence-corrected chi connectivity index (χ0v) is 24.4. The molecule has 218 valence electrons. The lowest BCUT2D eigenvalue weighted by Crippen LogP contribution is -2.47. The third-order valence-corrected chi connectivity index (χ3v) is 9.22. The molecule has 11 heteroatoms. The second-order valence-electron chi connectivity index (χ2n) is 11.0. The van der Waals surface area contributed by atoms with Crippen molar-refractivity contribution in [3.05, 3.63) is 82.1 Å². The highest BCUT2D eigenvalue weighted by Crippen LogP contribution is 2.43. The van der Waals surface area contributed by atoms with Crippen LogP contribution in [-0.2, 0) is 12.0 Å². The Morgan fingerprint density at radius 3 is 2.71 bits per heavy atom. The number of anilines is 3. The van der Waals surface area contributed by atoms with Gasteiger partial charge in [-0.1, -0.05) is 6.07 Å². The van der Waals surface area contributed by atoms with Crippen LogP contribution in [0.2, 0.25) is 0 Å². The Labute approximate surface area is 248 Å². The number of hydrogen-bond acceptors (Lipinski definition) is 10. The van der Waals surface area contributed by atoms with Gasteiger partial charge in [0.05, 0.1) is 16.1 Å². The lowest BCUT2D eigenvalue weighted by molar-refractivity contribution is 0.0607. The number of piperazine rings is 1. The molecular weight excluding hydrogens is 550 g/mol. The molecule has 10 nitrogen and oxygen atoms in total. The molecule has 1 aromatic carbocycles. The number of carbonyl (C=O) groups is 1. The van der Waals surface area contributed by atoms with Gasteiger partial charge < -0.3 is 26.2 Å². The van der Waals surface area contributed by atoms with Gasteiger partial charge in [-0.25, -0.2) is 19.7 Å². The van der Waals surface area contributed by atoms with E-state index in [1.807, 2.05) is 31.3 Å². The van der Waals surface area contributed by atoms with Gasteiger partial charge in [-0.3, -0.25) is 4.90 Å². The number of benzene rings is 1. The molecule has 0 spiro atoms. The Hall–Kier alpha value is -3.90. The number of aromatic carboxylic acids is 1. The molecule has 1 aliphatic carbocycles. The number of pyridine rings is 2. The van der Waals surface area contributed by atoms with E-state index in [9.17, 15) is 15.0 Å². The van der Waals surface area contributed by atoms with Crippen molar-refractivity contribution in [1.29, 1.82) is 0 Å². The number of hydrogen-bond donors (Lipinski definition) is 4. The van der Waals surface area contributed by atoms with E-state index in [0.717, 1.165) is 84.3 Å². The predicted molar refractivity (Wildman–Crippen MR) is 165 cm³/mol. The molecule has 1 aliphatic heterocycles. The average molecular weight is 586 g/mol. The minimum atomic E-state index is -1.27. The van der Waals surface area contributed by atoms with Crippen molar-refractivity contribution in [2.24, 2.45) is 5.73 Å². The summed E-state index contributed by atoms with van der Waals surface area (Å²) in [7, 11) is 0. The molecule has 1 saturated heterocycles. The number of nitrogens with one attached hydrogen (secondary N) is 1. The Balaban J connectivity index is 1.22. The third-order valence-electron chi connectivity index (χ3n) is 8.05. The molecule has 0 bridgehead atoms. The quantitative estimate of drug-likeness (QED) is 0.240. The summed E-state index contributed by atoms with van der Waals surface area (Å²) < 4.78 is 0. The molecule has 6 rings (SSSR count). The number of aliphatic hydroxyl groups is 1. The Morgan fingerprint density at radius 2 is 1.93 bits per heavy atom. The van der Waals surface area contributed by atoms with Crippen LogP contribution in [0.25, 0.3) is 10.6 Å². The van der Waals surface area contributed by atoms with Gasteiger partial charge in [-0.15, -0.1) is 11.3 Å². The summed E-state index contributed by atoms with van der Waals surface area (Å²) in [6.07, 6.45) is 5.57. The number of nitrogens with two attached hydrogens (primary N) is 1. The van der Waals surface area contributed by atoms with E-state index in [1.165, 1.54) is 11.3 Å². The lowest BCUT2D eigenvalue weighted by atomic mass is 9.79. The Morgan fingerprint density at radius 1 is 1.10 bits per heavy atom. The second kappa shape index (κ2) is 11.8. The van der Waals surface area contributed by atoms with Crippen LogP contribution < -0.4 is 16.0 Å². The van der Waals surface area contributed by atoms with Crippen LogP contribution in [0.1, 0.15) is 44.9 Å². The molecule has 0 saturated carbocycles. The zero-order valence-electron chi connectivity index (χ0n) is 23.6. The minimum Gasteiger partial charge on any atom is -0.478 e. The van der Waals surface area contributed by atoms with E-state index in [0.29, 0.717) is 23.8 Å².